The van der Waals surface area contributed by atoms with Crippen molar-refractivity contribution < 1.29 is 18.8 Å². The number of carbonyl (C=O) groups is 1. The van der Waals surface area contributed by atoms with Crippen LogP contribution in [0.5, 0.6) is 0 Å². The van der Waals surface area contributed by atoms with Crippen LogP contribution in [-0.4, -0.2) is 42.5 Å². The molecule has 9 nitrogen and oxygen atoms in total. The molecular weight excluding hydrogens is 427 g/mol. The first-order valence-corrected chi connectivity index (χ1v) is 10.6. The Bertz CT molecular complexity index is 1210. The summed E-state index contributed by atoms with van der Waals surface area (Å²) in [6, 6.07) is 13.3. The maximum Gasteiger partial charge on any atom is 0.306 e. The Morgan fingerprint density at radius 2 is 2.06 bits per heavy atom. The normalized spacial score (nSPS) is 11.9. The zero-order valence-electron chi connectivity index (χ0n) is 18.0. The summed E-state index contributed by atoms with van der Waals surface area (Å²) in [5.74, 6) is -1.75. The smallest absolute Gasteiger partial charge is 0.306 e. The van der Waals surface area contributed by atoms with E-state index in [0.29, 0.717) is 36.5 Å². The predicted molar refractivity (Wildman–Crippen MR) is 119 cm³/mol. The van der Waals surface area contributed by atoms with Gasteiger partial charge in [-0.05, 0) is 24.5 Å². The van der Waals surface area contributed by atoms with E-state index in [1.807, 2.05) is 30.3 Å². The fraction of sp³-hybridized carbons (Fsp3) is 0.261. The average molecular weight is 450 g/mol. The van der Waals surface area contributed by atoms with Crippen molar-refractivity contribution in [1.29, 1.82) is 0 Å². The third kappa shape index (κ3) is 5.22. The van der Waals surface area contributed by atoms with Crippen molar-refractivity contribution in [3.63, 3.8) is 0 Å². The van der Waals surface area contributed by atoms with E-state index < -0.39 is 17.7 Å². The Morgan fingerprint density at radius 3 is 2.76 bits per heavy atom. The molecule has 1 unspecified atom stereocenters. The molecule has 0 saturated carbocycles. The van der Waals surface area contributed by atoms with Gasteiger partial charge < -0.3 is 14.9 Å². The summed E-state index contributed by atoms with van der Waals surface area (Å²) in [5.41, 5.74) is 2.80. The molecule has 10 heteroatoms. The zero-order valence-corrected chi connectivity index (χ0v) is 18.0. The van der Waals surface area contributed by atoms with Crippen LogP contribution >= 0.6 is 0 Å². The van der Waals surface area contributed by atoms with Gasteiger partial charge in [-0.25, -0.2) is 14.4 Å². The number of hydrogen-bond donors (Lipinski definition) is 2. The molecule has 170 valence electrons. The van der Waals surface area contributed by atoms with Gasteiger partial charge in [0.15, 0.2) is 17.5 Å². The van der Waals surface area contributed by atoms with Crippen LogP contribution in [0.15, 0.2) is 59.4 Å². The van der Waals surface area contributed by atoms with E-state index in [1.54, 1.807) is 23.7 Å². The molecule has 0 fully saturated rings. The molecule has 3 aromatic heterocycles. The van der Waals surface area contributed by atoms with Crippen LogP contribution in [0.25, 0.3) is 22.9 Å². The molecule has 0 spiro atoms. The number of benzene rings is 1. The maximum absolute atomic E-state index is 14.3. The van der Waals surface area contributed by atoms with E-state index in [9.17, 15) is 14.3 Å². The van der Waals surface area contributed by atoms with Crippen LogP contribution in [0, 0.1) is 11.7 Å². The number of aromatic nitrogens is 5. The van der Waals surface area contributed by atoms with Gasteiger partial charge in [-0.3, -0.25) is 9.48 Å². The quantitative estimate of drug-likeness (QED) is 0.371. The van der Waals surface area contributed by atoms with E-state index in [1.165, 1.54) is 6.26 Å². The molecule has 4 aromatic rings. The highest BCUT2D eigenvalue weighted by atomic mass is 19.1. The van der Waals surface area contributed by atoms with Gasteiger partial charge in [0.05, 0.1) is 24.4 Å². The number of halogens is 1. The van der Waals surface area contributed by atoms with E-state index >= 15 is 0 Å². The fourth-order valence-electron chi connectivity index (χ4n) is 3.44. The van der Waals surface area contributed by atoms with Crippen LogP contribution in [0.4, 0.5) is 10.2 Å². The Balaban J connectivity index is 1.60. The van der Waals surface area contributed by atoms with E-state index in [4.69, 9.17) is 4.52 Å². The SMILES string of the molecule is CCC(CCNc1nc(-c2cc(-c3ccon3)n(Cc3ccccc3)n2)ncc1F)C(=O)O. The summed E-state index contributed by atoms with van der Waals surface area (Å²) in [6.45, 7) is 2.56. The first-order valence-electron chi connectivity index (χ1n) is 10.6. The molecule has 0 bridgehead atoms. The molecule has 0 radical (unpaired) electrons. The molecule has 0 saturated heterocycles. The van der Waals surface area contributed by atoms with Gasteiger partial charge in [0.2, 0.25) is 0 Å². The minimum Gasteiger partial charge on any atom is -0.481 e. The molecule has 0 amide bonds. The molecule has 0 aliphatic carbocycles. The van der Waals surface area contributed by atoms with E-state index in [-0.39, 0.29) is 18.2 Å². The summed E-state index contributed by atoms with van der Waals surface area (Å²) in [7, 11) is 0. The molecule has 0 aliphatic rings. The summed E-state index contributed by atoms with van der Waals surface area (Å²) in [4.78, 5) is 19.6. The second-order valence-corrected chi connectivity index (χ2v) is 7.49. The van der Waals surface area contributed by atoms with Gasteiger partial charge in [0.25, 0.3) is 0 Å². The number of nitrogens with zero attached hydrogens (tertiary/aromatic N) is 5. The molecule has 1 atom stereocenters. The Morgan fingerprint density at radius 1 is 1.24 bits per heavy atom. The zero-order chi connectivity index (χ0) is 23.2. The number of aliphatic carboxylic acids is 1. The van der Waals surface area contributed by atoms with Gasteiger partial charge in [0.1, 0.15) is 17.7 Å². The second-order valence-electron chi connectivity index (χ2n) is 7.49. The monoisotopic (exact) mass is 450 g/mol. The van der Waals surface area contributed by atoms with Gasteiger partial charge in [-0.15, -0.1) is 0 Å². The lowest BCUT2D eigenvalue weighted by atomic mass is 10.0. The molecule has 3 heterocycles. The largest absolute Gasteiger partial charge is 0.481 e. The molecule has 1 aromatic carbocycles. The summed E-state index contributed by atoms with van der Waals surface area (Å²) >= 11 is 0. The number of anilines is 1. The highest BCUT2D eigenvalue weighted by Gasteiger charge is 2.18. The van der Waals surface area contributed by atoms with Crippen molar-refractivity contribution >= 4 is 11.8 Å². The first kappa shape index (κ1) is 22.1. The highest BCUT2D eigenvalue weighted by Crippen LogP contribution is 2.25. The summed E-state index contributed by atoms with van der Waals surface area (Å²) < 4.78 is 21.0. The molecular formula is C23H23FN6O3. The standard InChI is InChI=1S/C23H23FN6O3/c1-2-16(23(31)32)8-10-25-21-17(24)13-26-22(27-21)19-12-20(18-9-11-33-29-18)30(28-19)14-15-6-4-3-5-7-15/h3-7,9,11-13,16H,2,8,10,14H2,1H3,(H,31,32)(H,25,26,27). The van der Waals surface area contributed by atoms with E-state index in [2.05, 4.69) is 25.5 Å². The fourth-order valence-corrected chi connectivity index (χ4v) is 3.44. The maximum atomic E-state index is 14.3. The predicted octanol–water partition coefficient (Wildman–Crippen LogP) is 4.10. The third-order valence-electron chi connectivity index (χ3n) is 5.26. The van der Waals surface area contributed by atoms with Gasteiger partial charge in [0, 0.05) is 12.6 Å². The Kier molecular flexibility index (Phi) is 6.72. The van der Waals surface area contributed by atoms with Crippen LogP contribution in [0.1, 0.15) is 25.3 Å². The lowest BCUT2D eigenvalue weighted by Crippen LogP contribution is -2.17. The van der Waals surface area contributed by atoms with Crippen LogP contribution in [0.2, 0.25) is 0 Å². The number of hydrogen-bond acceptors (Lipinski definition) is 7. The van der Waals surface area contributed by atoms with Crippen LogP contribution in [-0.2, 0) is 11.3 Å². The van der Waals surface area contributed by atoms with Crippen LogP contribution in [0.3, 0.4) is 0 Å². The topological polar surface area (TPSA) is 119 Å². The van der Waals surface area contributed by atoms with E-state index in [0.717, 1.165) is 11.8 Å². The number of carboxylic acids is 1. The number of carboxylic acid groups (broad SMARTS) is 1. The number of rotatable bonds is 10. The molecule has 0 aliphatic heterocycles. The minimum atomic E-state index is -0.868. The van der Waals surface area contributed by atoms with Gasteiger partial charge in [-0.1, -0.05) is 42.4 Å². The third-order valence-corrected chi connectivity index (χ3v) is 5.26. The van der Waals surface area contributed by atoms with Crippen molar-refractivity contribution in [2.75, 3.05) is 11.9 Å². The second kappa shape index (κ2) is 10.0. The molecule has 33 heavy (non-hydrogen) atoms. The van der Waals surface area contributed by atoms with Crippen molar-refractivity contribution in [2.24, 2.45) is 5.92 Å². The Hall–Kier alpha value is -4.08. The van der Waals surface area contributed by atoms with Crippen LogP contribution < -0.4 is 5.32 Å². The highest BCUT2D eigenvalue weighted by molar-refractivity contribution is 5.70. The number of nitrogens with one attached hydrogen (secondary N) is 1. The minimum absolute atomic E-state index is 0.000775. The summed E-state index contributed by atoms with van der Waals surface area (Å²) in [5, 5.41) is 20.7. The van der Waals surface area contributed by atoms with Gasteiger partial charge in [-0.2, -0.15) is 5.10 Å². The lowest BCUT2D eigenvalue weighted by Gasteiger charge is -2.11. The molecule has 2 N–H and O–H groups in total. The van der Waals surface area contributed by atoms with Gasteiger partial charge >= 0.3 is 5.97 Å². The van der Waals surface area contributed by atoms with Crippen molar-refractivity contribution in [2.45, 2.75) is 26.3 Å². The van der Waals surface area contributed by atoms with Crippen molar-refractivity contribution in [3.05, 3.63) is 66.3 Å². The Labute approximate surface area is 189 Å². The summed E-state index contributed by atoms with van der Waals surface area (Å²) in [6.07, 6.45) is 3.40. The van der Waals surface area contributed by atoms with Crippen molar-refractivity contribution in [3.8, 4) is 22.9 Å². The average Bonchev–Trinajstić information content (AvgIpc) is 3.48. The lowest BCUT2D eigenvalue weighted by molar-refractivity contribution is -0.141. The molecule has 4 rings (SSSR count). The van der Waals surface area contributed by atoms with Crippen molar-refractivity contribution in [1.82, 2.24) is 24.9 Å². The first-order chi connectivity index (χ1) is 16.0.